The fraction of sp³-hybridized carbons (Fsp3) is 0.406. The molecule has 0 aromatic carbocycles. The largest absolute Gasteiger partial charge is 0.478 e. The fourth-order valence-electron chi connectivity index (χ4n) is 10.9. The number of amides is 4. The lowest BCUT2D eigenvalue weighted by Crippen LogP contribution is -2.45. The molecule has 0 radical (unpaired) electrons. The molecule has 9 aromatic heterocycles. The van der Waals surface area contributed by atoms with Crippen LogP contribution in [0.2, 0.25) is 0 Å². The number of carbonyl (C=O) groups is 5. The summed E-state index contributed by atoms with van der Waals surface area (Å²) in [6, 6.07) is 3.57. The lowest BCUT2D eigenvalue weighted by Gasteiger charge is -2.33. The van der Waals surface area contributed by atoms with Crippen molar-refractivity contribution in [2.24, 2.45) is 5.73 Å². The second-order valence-corrected chi connectivity index (χ2v) is 25.2. The Morgan fingerprint density at radius 1 is 0.510 bits per heavy atom. The standard InChI is InChI=1S/C23H28FN7O3.C18H20FN7O.C12H17N5.C11H13FN2O4/c1-13-10-26-19-18(13)20(28-12-27-19)31-7-5-14(6-8-31)29-21(32)15-9-17(25-11-16(15)24)30-22(33)34-23(2,3)4;1-10-7-22-16-15(10)17(24-9-23-16)26-4-2-11(3-5-26)25-18(27)12-6-14(20)21-8-13(12)19;1-8-6-14-11-10(8)12(16-7-15-11)17-4-2-9(13)3-5-17;1-11(2,3)18-10(17)14-8-4-6(9(15)16)7(12)5-13-8/h9-12,14H,5-8H2,1-4H3,(H,29,32)(H,25,30,33)(H,26,27,28);6-9,11H,2-5H2,1H3,(H2,20,21)(H,25,27)(H,22,23,24);6-7,9H,2-5,13H2,1H3,(H,14,15,16);4-5H,1-3H3,(H,15,16)(H,13,14,17). The molecular formula is C64H78F3N21O8. The maximum atomic E-state index is 14.3. The summed E-state index contributed by atoms with van der Waals surface area (Å²) < 4.78 is 51.3. The van der Waals surface area contributed by atoms with Gasteiger partial charge in [0.05, 0.1) is 45.9 Å². The zero-order valence-electron chi connectivity index (χ0n) is 54.6. The van der Waals surface area contributed by atoms with Crippen LogP contribution in [0.25, 0.3) is 33.1 Å². The highest BCUT2D eigenvalue weighted by atomic mass is 19.1. The molecule has 12 rings (SSSR count). The van der Waals surface area contributed by atoms with Gasteiger partial charge >= 0.3 is 18.2 Å². The van der Waals surface area contributed by atoms with Gasteiger partial charge in [-0.2, -0.15) is 0 Å². The van der Waals surface area contributed by atoms with Crippen LogP contribution in [0.4, 0.5) is 57.7 Å². The van der Waals surface area contributed by atoms with Crippen molar-refractivity contribution in [3.8, 4) is 0 Å². The molecule has 0 bridgehead atoms. The number of halogens is 3. The molecule has 0 saturated carbocycles. The zero-order chi connectivity index (χ0) is 69.2. The summed E-state index contributed by atoms with van der Waals surface area (Å²) in [6.45, 7) is 21.1. The van der Waals surface area contributed by atoms with Crippen molar-refractivity contribution in [1.29, 1.82) is 0 Å². The predicted molar refractivity (Wildman–Crippen MR) is 354 cm³/mol. The van der Waals surface area contributed by atoms with Gasteiger partial charge in [-0.05, 0) is 136 Å². The summed E-state index contributed by atoms with van der Waals surface area (Å²) >= 11 is 0. The molecule has 3 fully saturated rings. The molecule has 32 heteroatoms. The number of carbonyl (C=O) groups excluding carboxylic acids is 4. The van der Waals surface area contributed by atoms with Crippen LogP contribution < -0.4 is 47.4 Å². The number of pyridine rings is 3. The van der Waals surface area contributed by atoms with E-state index in [2.05, 4.69) is 103 Å². The average Bonchev–Trinajstić information content (AvgIpc) is 1.59. The zero-order valence-corrected chi connectivity index (χ0v) is 54.6. The highest BCUT2D eigenvalue weighted by Gasteiger charge is 2.29. The molecule has 3 aliphatic rings. The van der Waals surface area contributed by atoms with Crippen LogP contribution in [0.1, 0.15) is 128 Å². The number of rotatable bonds is 10. The first-order valence-electron chi connectivity index (χ1n) is 31.0. The number of nitrogen functional groups attached to an aromatic ring is 1. The third-order valence-corrected chi connectivity index (χ3v) is 15.6. The molecule has 4 amide bonds. The Labute approximate surface area is 549 Å². The Bertz CT molecular complexity index is 4260. The minimum atomic E-state index is -1.44. The van der Waals surface area contributed by atoms with Crippen LogP contribution in [0.3, 0.4) is 0 Å². The first-order chi connectivity index (χ1) is 45.6. The Hall–Kier alpha value is -10.8. The average molecular weight is 1330 g/mol. The highest BCUT2D eigenvalue weighted by molar-refractivity contribution is 5.97. The van der Waals surface area contributed by atoms with Crippen molar-refractivity contribution < 1.29 is 51.7 Å². The van der Waals surface area contributed by atoms with E-state index in [-0.39, 0.29) is 40.7 Å². The SMILES string of the molecule is CC(C)(C)OC(=O)Nc1cc(C(=O)O)c(F)cn1.Cc1c[nH]c2ncnc(N3CCC(N)CC3)c12.Cc1c[nH]c2ncnc(N3CCC(NC(=O)c4cc(N)ncc4F)CC3)c12.Cc1c[nH]c2ncnc(N3CCC(NC(=O)c4cc(NC(=O)OC(C)(C)C)ncc4F)CC3)c12. The van der Waals surface area contributed by atoms with E-state index in [1.807, 2.05) is 32.4 Å². The number of aromatic carboxylic acids is 1. The number of hydrogen-bond acceptors (Lipinski definition) is 21. The molecule has 0 spiro atoms. The van der Waals surface area contributed by atoms with Crippen molar-refractivity contribution in [3.63, 3.8) is 0 Å². The van der Waals surface area contributed by atoms with Gasteiger partial charge in [0, 0.05) is 76.0 Å². The van der Waals surface area contributed by atoms with E-state index in [1.165, 1.54) is 24.0 Å². The summed E-state index contributed by atoms with van der Waals surface area (Å²) in [6.07, 6.45) is 16.5. The number of nitrogens with one attached hydrogen (secondary N) is 7. The molecule has 3 aliphatic heterocycles. The molecule has 0 atom stereocenters. The molecule has 508 valence electrons. The topological polar surface area (TPSA) is 397 Å². The predicted octanol–water partition coefficient (Wildman–Crippen LogP) is 8.79. The highest BCUT2D eigenvalue weighted by Crippen LogP contribution is 2.31. The van der Waals surface area contributed by atoms with Crippen molar-refractivity contribution in [2.75, 3.05) is 70.3 Å². The molecule has 29 nitrogen and oxygen atoms in total. The van der Waals surface area contributed by atoms with Gasteiger partial charge in [-0.15, -0.1) is 0 Å². The Balaban J connectivity index is 0.000000156. The lowest BCUT2D eigenvalue weighted by molar-refractivity contribution is 0.0623. The number of ether oxygens (including phenoxy) is 2. The van der Waals surface area contributed by atoms with E-state index in [1.54, 1.807) is 54.2 Å². The molecular weight excluding hydrogens is 1250 g/mol. The van der Waals surface area contributed by atoms with Gasteiger partial charge in [0.25, 0.3) is 11.8 Å². The first kappa shape index (κ1) is 69.5. The Morgan fingerprint density at radius 3 is 1.21 bits per heavy atom. The number of anilines is 6. The Morgan fingerprint density at radius 2 is 0.844 bits per heavy atom. The summed E-state index contributed by atoms with van der Waals surface area (Å²) in [5.74, 6) is -2.02. The number of aromatic nitrogens is 12. The molecule has 96 heavy (non-hydrogen) atoms. The lowest BCUT2D eigenvalue weighted by atomic mass is 10.0. The van der Waals surface area contributed by atoms with E-state index in [0.717, 1.165) is 138 Å². The molecule has 0 aliphatic carbocycles. The van der Waals surface area contributed by atoms with Gasteiger partial charge in [0.15, 0.2) is 17.5 Å². The van der Waals surface area contributed by atoms with Crippen molar-refractivity contribution in [3.05, 3.63) is 125 Å². The van der Waals surface area contributed by atoms with Gasteiger partial charge in [-0.3, -0.25) is 20.2 Å². The molecule has 0 unspecified atom stereocenters. The minimum Gasteiger partial charge on any atom is -0.478 e. The van der Waals surface area contributed by atoms with Crippen LogP contribution in [-0.2, 0) is 9.47 Å². The number of hydrogen-bond donors (Lipinski definition) is 10. The normalized spacial score (nSPS) is 14.7. The van der Waals surface area contributed by atoms with E-state index in [4.69, 9.17) is 26.0 Å². The van der Waals surface area contributed by atoms with E-state index in [9.17, 15) is 37.1 Å². The smallest absolute Gasteiger partial charge is 0.413 e. The van der Waals surface area contributed by atoms with Gasteiger partial charge in [-0.25, -0.2) is 72.4 Å². The van der Waals surface area contributed by atoms with Crippen molar-refractivity contribution >= 4 is 98.0 Å². The molecule has 9 aromatic rings. The second kappa shape index (κ2) is 30.1. The van der Waals surface area contributed by atoms with Crippen LogP contribution in [0, 0.1) is 38.2 Å². The maximum absolute atomic E-state index is 14.3. The third kappa shape index (κ3) is 17.9. The number of nitrogens with two attached hydrogens (primary N) is 2. The van der Waals surface area contributed by atoms with Crippen LogP contribution in [-0.4, -0.2) is 163 Å². The van der Waals surface area contributed by atoms with Crippen LogP contribution in [0.15, 0.2) is 74.4 Å². The number of fused-ring (bicyclic) bond motifs is 3. The number of H-pyrrole nitrogens is 3. The molecule has 12 heterocycles. The maximum Gasteiger partial charge on any atom is 0.413 e. The summed E-state index contributed by atoms with van der Waals surface area (Å²) in [7, 11) is 0. The van der Waals surface area contributed by atoms with E-state index in [0.29, 0.717) is 32.0 Å². The van der Waals surface area contributed by atoms with Gasteiger partial charge < -0.3 is 66.3 Å². The second-order valence-electron chi connectivity index (χ2n) is 25.2. The Kier molecular flexibility index (Phi) is 21.8. The van der Waals surface area contributed by atoms with E-state index < -0.39 is 64.2 Å². The van der Waals surface area contributed by atoms with E-state index >= 15 is 0 Å². The van der Waals surface area contributed by atoms with Gasteiger partial charge in [-0.1, -0.05) is 0 Å². The van der Waals surface area contributed by atoms with Crippen LogP contribution >= 0.6 is 0 Å². The first-order valence-corrected chi connectivity index (χ1v) is 31.0. The third-order valence-electron chi connectivity index (χ3n) is 15.6. The van der Waals surface area contributed by atoms with Gasteiger partial charge in [0.1, 0.15) is 87.6 Å². The number of aromatic amines is 3. The fourth-order valence-corrected chi connectivity index (χ4v) is 10.9. The minimum absolute atomic E-state index is 0.0327. The number of carboxylic acids is 1. The number of carboxylic acid groups (broad SMARTS) is 1. The quantitative estimate of drug-likeness (QED) is 0.0611. The number of piperidine rings is 3. The van der Waals surface area contributed by atoms with Crippen molar-refractivity contribution in [2.45, 2.75) is 130 Å². The van der Waals surface area contributed by atoms with Crippen LogP contribution in [0.5, 0.6) is 0 Å². The summed E-state index contributed by atoms with van der Waals surface area (Å²) in [4.78, 5) is 112. The molecule has 12 N–H and O–H groups in total. The number of aryl methyl sites for hydroxylation is 3. The summed E-state index contributed by atoms with van der Waals surface area (Å²) in [5, 5.41) is 22.3. The summed E-state index contributed by atoms with van der Waals surface area (Å²) in [5.41, 5.74) is 15.2. The number of nitrogens with zero attached hydrogens (tertiary/aromatic N) is 12. The van der Waals surface area contributed by atoms with Gasteiger partial charge in [0.2, 0.25) is 0 Å². The monoisotopic (exact) mass is 1330 g/mol. The molecule has 3 saturated heterocycles. The van der Waals surface area contributed by atoms with Crippen molar-refractivity contribution in [1.82, 2.24) is 70.4 Å².